The first kappa shape index (κ1) is 7.42. The molecule has 0 radical (unpaired) electrons. The highest BCUT2D eigenvalue weighted by Crippen LogP contribution is 2.42. The number of para-hydroxylation sites is 1. The third-order valence-electron chi connectivity index (χ3n) is 4.17. The highest BCUT2D eigenvalue weighted by molar-refractivity contribution is 9.10. The Labute approximate surface area is 186 Å². The quantitative estimate of drug-likeness (QED) is 0.249. The van der Waals surface area contributed by atoms with Gasteiger partial charge in [-0.15, -0.1) is 11.3 Å². The van der Waals surface area contributed by atoms with Crippen LogP contribution in [0.4, 0.5) is 0 Å². The molecular formula is C24H13BrOS. The molecule has 0 fully saturated rings. The van der Waals surface area contributed by atoms with E-state index in [9.17, 15) is 0 Å². The van der Waals surface area contributed by atoms with Crippen LogP contribution in [0, 0.1) is 0 Å². The van der Waals surface area contributed by atoms with Crippen molar-refractivity contribution in [2.45, 2.75) is 0 Å². The summed E-state index contributed by atoms with van der Waals surface area (Å²) < 4.78 is 116. The van der Waals surface area contributed by atoms with Crippen LogP contribution in [-0.2, 0) is 0 Å². The van der Waals surface area contributed by atoms with Gasteiger partial charge in [0.2, 0.25) is 0 Å². The Bertz CT molecular complexity index is 2170. The van der Waals surface area contributed by atoms with Gasteiger partial charge in [-0.3, -0.25) is 0 Å². The van der Waals surface area contributed by atoms with E-state index >= 15 is 0 Å². The summed E-state index contributed by atoms with van der Waals surface area (Å²) >= 11 is 4.12. The van der Waals surface area contributed by atoms with Gasteiger partial charge in [0.1, 0.15) is 11.2 Å². The molecule has 0 spiro atoms. The Kier molecular flexibility index (Phi) is 1.56. The highest BCUT2D eigenvalue weighted by Gasteiger charge is 2.14. The molecule has 27 heavy (non-hydrogen) atoms. The lowest BCUT2D eigenvalue weighted by Gasteiger charge is -2.05. The molecule has 6 rings (SSSR count). The second-order valence-corrected chi connectivity index (χ2v) is 7.52. The standard InChI is InChI=1S/C24H13BrOS/c25-15-12-18(24-20(13-15)17-6-2-4-8-23(17)27-24)14-9-10-22-19(11-14)16-5-1-3-7-21(16)26-22/h1-13H/i1D,2D,3D,4D,5D,6D,7D,8D,9D,10D,11D,12D,13D. The fourth-order valence-electron chi connectivity index (χ4n) is 3.03. The molecule has 2 aromatic heterocycles. The number of furan rings is 1. The number of hydrogen-bond donors (Lipinski definition) is 0. The molecule has 0 aliphatic rings. The van der Waals surface area contributed by atoms with Crippen LogP contribution in [0.1, 0.15) is 17.8 Å². The van der Waals surface area contributed by atoms with E-state index in [4.69, 9.17) is 22.2 Å². The molecule has 0 unspecified atom stereocenters. The van der Waals surface area contributed by atoms with Gasteiger partial charge >= 0.3 is 0 Å². The molecule has 0 saturated heterocycles. The van der Waals surface area contributed by atoms with Gasteiger partial charge in [0.15, 0.2) is 0 Å². The summed E-state index contributed by atoms with van der Waals surface area (Å²) in [5, 5.41) is -0.127. The van der Waals surface area contributed by atoms with Crippen LogP contribution in [0.25, 0.3) is 53.2 Å². The molecule has 0 aliphatic carbocycles. The number of halogens is 1. The molecule has 3 heteroatoms. The Morgan fingerprint density at radius 1 is 0.741 bits per heavy atom. The summed E-state index contributed by atoms with van der Waals surface area (Å²) in [6, 6.07) is -5.81. The van der Waals surface area contributed by atoms with Crippen LogP contribution in [0.5, 0.6) is 0 Å². The Balaban J connectivity index is 1.90. The van der Waals surface area contributed by atoms with Crippen LogP contribution in [-0.4, -0.2) is 0 Å². The molecule has 0 atom stereocenters. The minimum absolute atomic E-state index is 0.0495. The smallest absolute Gasteiger partial charge is 0.135 e. The molecule has 0 aliphatic heterocycles. The molecule has 0 N–H and O–H groups in total. The van der Waals surface area contributed by atoms with Crippen molar-refractivity contribution in [3.8, 4) is 11.1 Å². The first-order valence-corrected chi connectivity index (χ1v) is 9.36. The summed E-state index contributed by atoms with van der Waals surface area (Å²) in [5.41, 5.74) is -0.846. The van der Waals surface area contributed by atoms with Gasteiger partial charge in [-0.05, 0) is 41.8 Å². The molecule has 6 aromatic rings. The Hall–Kier alpha value is -2.62. The fraction of sp³-hybridized carbons (Fsp3) is 0. The third kappa shape index (κ3) is 2.29. The molecule has 0 amide bonds. The van der Waals surface area contributed by atoms with Gasteiger partial charge in [0.05, 0.1) is 17.8 Å². The summed E-state index contributed by atoms with van der Waals surface area (Å²) in [7, 11) is 0. The van der Waals surface area contributed by atoms with Crippen LogP contribution < -0.4 is 0 Å². The predicted octanol–water partition coefficient (Wildman–Crippen LogP) is 8.38. The zero-order chi connectivity index (χ0) is 29.3. The topological polar surface area (TPSA) is 13.1 Å². The SMILES string of the molecule is [2H]c1c([2H])c([2H])c2c(oc3c([2H])c([2H])c(-c4c([2H])c(Br)c([2H])c5c4sc4c([2H])c([2H])c([2H])c([2H])c45)c([2H])c32)c1[2H]. The summed E-state index contributed by atoms with van der Waals surface area (Å²) in [4.78, 5) is 0. The Morgan fingerprint density at radius 3 is 2.44 bits per heavy atom. The van der Waals surface area contributed by atoms with Crippen molar-refractivity contribution in [3.63, 3.8) is 0 Å². The molecular weight excluding hydrogens is 416 g/mol. The normalized spacial score (nSPS) is 18.6. The van der Waals surface area contributed by atoms with Crippen molar-refractivity contribution in [1.29, 1.82) is 0 Å². The van der Waals surface area contributed by atoms with Crippen molar-refractivity contribution in [2.24, 2.45) is 0 Å². The molecule has 0 bridgehead atoms. The second kappa shape index (κ2) is 5.69. The zero-order valence-electron chi connectivity index (χ0n) is 26.2. The van der Waals surface area contributed by atoms with E-state index in [1.54, 1.807) is 0 Å². The van der Waals surface area contributed by atoms with Gasteiger partial charge < -0.3 is 4.42 Å². The van der Waals surface area contributed by atoms with Crippen LogP contribution in [0.3, 0.4) is 0 Å². The van der Waals surface area contributed by atoms with E-state index in [1.165, 1.54) is 0 Å². The molecule has 2 heterocycles. The van der Waals surface area contributed by atoms with Gasteiger partial charge in [0, 0.05) is 41.0 Å². The van der Waals surface area contributed by atoms with E-state index < -0.39 is 54.4 Å². The summed E-state index contributed by atoms with van der Waals surface area (Å²) in [5.74, 6) is 0. The van der Waals surface area contributed by atoms with E-state index in [0.29, 0.717) is 0 Å². The zero-order valence-corrected chi connectivity index (χ0v) is 15.6. The van der Waals surface area contributed by atoms with Crippen molar-refractivity contribution >= 4 is 69.4 Å². The maximum Gasteiger partial charge on any atom is 0.135 e. The van der Waals surface area contributed by atoms with Gasteiger partial charge in [-0.1, -0.05) is 58.2 Å². The first-order chi connectivity index (χ1) is 18.7. The maximum absolute atomic E-state index is 9.10. The van der Waals surface area contributed by atoms with Gasteiger partial charge in [-0.2, -0.15) is 0 Å². The summed E-state index contributed by atoms with van der Waals surface area (Å²) in [6.07, 6.45) is 0. The van der Waals surface area contributed by atoms with E-state index in [2.05, 4.69) is 15.9 Å². The average molecular weight is 442 g/mol. The monoisotopic (exact) mass is 441 g/mol. The molecule has 1 nitrogen and oxygen atoms in total. The Morgan fingerprint density at radius 2 is 1.52 bits per heavy atom. The van der Waals surface area contributed by atoms with E-state index in [1.807, 2.05) is 0 Å². The van der Waals surface area contributed by atoms with Crippen molar-refractivity contribution < 1.29 is 22.2 Å². The number of hydrogen-bond acceptors (Lipinski definition) is 2. The van der Waals surface area contributed by atoms with E-state index in [-0.39, 0.29) is 81.9 Å². The minimum atomic E-state index is -0.569. The third-order valence-corrected chi connectivity index (χ3v) is 5.69. The number of fused-ring (bicyclic) bond motifs is 6. The van der Waals surface area contributed by atoms with Crippen LogP contribution >= 0.6 is 27.3 Å². The van der Waals surface area contributed by atoms with Crippen molar-refractivity contribution in [2.75, 3.05) is 0 Å². The lowest BCUT2D eigenvalue weighted by Crippen LogP contribution is -1.80. The van der Waals surface area contributed by atoms with Crippen LogP contribution in [0.15, 0.2) is 87.4 Å². The van der Waals surface area contributed by atoms with Crippen molar-refractivity contribution in [1.82, 2.24) is 0 Å². The average Bonchev–Trinajstić information content (AvgIpc) is 3.52. The summed E-state index contributed by atoms with van der Waals surface area (Å²) in [6.45, 7) is 0. The van der Waals surface area contributed by atoms with E-state index in [0.717, 1.165) is 11.3 Å². The van der Waals surface area contributed by atoms with Gasteiger partial charge in [0.25, 0.3) is 0 Å². The number of rotatable bonds is 1. The second-order valence-electron chi connectivity index (χ2n) is 5.71. The van der Waals surface area contributed by atoms with Crippen LogP contribution in [0.2, 0.25) is 0 Å². The lowest BCUT2D eigenvalue weighted by molar-refractivity contribution is 0.669. The fourth-order valence-corrected chi connectivity index (χ4v) is 4.50. The molecule has 0 saturated carbocycles. The van der Waals surface area contributed by atoms with Gasteiger partial charge in [-0.25, -0.2) is 0 Å². The maximum atomic E-state index is 9.10. The highest BCUT2D eigenvalue weighted by atomic mass is 79.9. The molecule has 4 aromatic carbocycles. The number of thiophene rings is 1. The van der Waals surface area contributed by atoms with Crippen molar-refractivity contribution in [3.05, 3.63) is 83.0 Å². The first-order valence-electron chi connectivity index (χ1n) is 14.3. The molecule has 128 valence electrons. The lowest BCUT2D eigenvalue weighted by atomic mass is 10.0. The largest absolute Gasteiger partial charge is 0.456 e. The number of benzene rings is 4. The predicted molar refractivity (Wildman–Crippen MR) is 120 cm³/mol. The minimum Gasteiger partial charge on any atom is -0.456 e.